The second-order valence-electron chi connectivity index (χ2n) is 3.71. The van der Waals surface area contributed by atoms with Crippen molar-refractivity contribution in [2.45, 2.75) is 6.42 Å². The summed E-state index contributed by atoms with van der Waals surface area (Å²) in [6.45, 7) is 4.54. The van der Waals surface area contributed by atoms with E-state index in [4.69, 9.17) is 4.74 Å². The van der Waals surface area contributed by atoms with Crippen LogP contribution in [0.3, 0.4) is 0 Å². The lowest BCUT2D eigenvalue weighted by molar-refractivity contribution is 0.0122. The van der Waals surface area contributed by atoms with E-state index in [1.165, 1.54) is 0 Å². The van der Waals surface area contributed by atoms with Crippen LogP contribution in [0.1, 0.15) is 5.82 Å². The predicted octanol–water partition coefficient (Wildman–Crippen LogP) is -0.201. The minimum atomic E-state index is 0.829. The maximum Gasteiger partial charge on any atom is 0.109 e. The van der Waals surface area contributed by atoms with Gasteiger partial charge in [-0.3, -0.25) is 5.43 Å². The van der Waals surface area contributed by atoms with E-state index in [1.807, 2.05) is 19.4 Å². The molecule has 1 aliphatic heterocycles. The number of aromatic nitrogens is 2. The Morgan fingerprint density at radius 3 is 2.93 bits per heavy atom. The summed E-state index contributed by atoms with van der Waals surface area (Å²) in [6, 6.07) is 0. The number of nitrogens with zero attached hydrogens (tertiary/aromatic N) is 3. The quantitative estimate of drug-likeness (QED) is 0.747. The molecule has 15 heavy (non-hydrogen) atoms. The van der Waals surface area contributed by atoms with Crippen molar-refractivity contribution in [1.29, 1.82) is 0 Å². The van der Waals surface area contributed by atoms with E-state index >= 15 is 0 Å². The van der Waals surface area contributed by atoms with Crippen LogP contribution in [0.2, 0.25) is 0 Å². The minimum Gasteiger partial charge on any atom is -0.379 e. The highest BCUT2D eigenvalue weighted by Crippen LogP contribution is 1.96. The number of morpholine rings is 1. The van der Waals surface area contributed by atoms with Crippen LogP contribution in [-0.2, 0) is 18.2 Å². The van der Waals surface area contributed by atoms with Crippen LogP contribution in [0.4, 0.5) is 0 Å². The molecule has 0 bridgehead atoms. The molecule has 5 nitrogen and oxygen atoms in total. The summed E-state index contributed by atoms with van der Waals surface area (Å²) in [5, 5.41) is 2.21. The molecule has 1 aliphatic rings. The number of rotatable bonds is 4. The van der Waals surface area contributed by atoms with Crippen LogP contribution in [0, 0.1) is 0 Å². The average molecular weight is 210 g/mol. The molecule has 0 saturated carbocycles. The van der Waals surface area contributed by atoms with E-state index in [2.05, 4.69) is 20.0 Å². The molecule has 0 spiro atoms. The van der Waals surface area contributed by atoms with Crippen LogP contribution >= 0.6 is 0 Å². The van der Waals surface area contributed by atoms with E-state index < -0.39 is 0 Å². The molecule has 1 N–H and O–H groups in total. The van der Waals surface area contributed by atoms with Gasteiger partial charge in [-0.1, -0.05) is 0 Å². The molecular formula is C10H18N4O. The van der Waals surface area contributed by atoms with Crippen molar-refractivity contribution >= 4 is 0 Å². The van der Waals surface area contributed by atoms with Crippen molar-refractivity contribution in [2.75, 3.05) is 32.8 Å². The molecule has 5 heteroatoms. The molecular weight excluding hydrogens is 192 g/mol. The second kappa shape index (κ2) is 5.25. The highest BCUT2D eigenvalue weighted by molar-refractivity contribution is 4.91. The number of hydrazine groups is 1. The molecule has 2 rings (SSSR count). The molecule has 1 fully saturated rings. The van der Waals surface area contributed by atoms with Crippen LogP contribution in [-0.4, -0.2) is 47.4 Å². The second-order valence-corrected chi connectivity index (χ2v) is 3.71. The van der Waals surface area contributed by atoms with E-state index in [0.29, 0.717) is 0 Å². The van der Waals surface area contributed by atoms with E-state index in [-0.39, 0.29) is 0 Å². The molecule has 0 unspecified atom stereocenters. The van der Waals surface area contributed by atoms with Gasteiger partial charge in [-0.25, -0.2) is 9.99 Å². The third kappa shape index (κ3) is 3.02. The largest absolute Gasteiger partial charge is 0.379 e. The lowest BCUT2D eigenvalue weighted by atomic mass is 10.4. The zero-order valence-corrected chi connectivity index (χ0v) is 9.15. The molecule has 1 aromatic heterocycles. The number of aryl methyl sites for hydroxylation is 1. The molecule has 0 aliphatic carbocycles. The first-order valence-electron chi connectivity index (χ1n) is 5.38. The summed E-state index contributed by atoms with van der Waals surface area (Å²) in [6.07, 6.45) is 4.77. The predicted molar refractivity (Wildman–Crippen MR) is 57.3 cm³/mol. The van der Waals surface area contributed by atoms with Gasteiger partial charge in [0.1, 0.15) is 5.82 Å². The van der Waals surface area contributed by atoms with E-state index in [9.17, 15) is 0 Å². The Morgan fingerprint density at radius 1 is 1.47 bits per heavy atom. The summed E-state index contributed by atoms with van der Waals surface area (Å²) in [5.41, 5.74) is 3.39. The molecule has 2 heterocycles. The fraction of sp³-hybridized carbons (Fsp3) is 0.700. The van der Waals surface area contributed by atoms with Gasteiger partial charge >= 0.3 is 0 Å². The smallest absolute Gasteiger partial charge is 0.109 e. The number of ether oxygens (including phenoxy) is 1. The summed E-state index contributed by atoms with van der Waals surface area (Å²) in [4.78, 5) is 4.28. The monoisotopic (exact) mass is 210 g/mol. The van der Waals surface area contributed by atoms with Crippen molar-refractivity contribution in [3.63, 3.8) is 0 Å². The average Bonchev–Trinajstić information content (AvgIpc) is 2.66. The Balaban J connectivity index is 1.68. The van der Waals surface area contributed by atoms with Crippen molar-refractivity contribution < 1.29 is 4.74 Å². The standard InChI is InChI=1S/C10H18N4O/c1-13-5-4-11-10(13)2-3-12-14-6-8-15-9-7-14/h4-5,12H,2-3,6-9H2,1H3. The van der Waals surface area contributed by atoms with Crippen molar-refractivity contribution in [3.8, 4) is 0 Å². The summed E-state index contributed by atoms with van der Waals surface area (Å²) in [7, 11) is 2.02. The maximum atomic E-state index is 5.27. The fourth-order valence-electron chi connectivity index (χ4n) is 1.68. The van der Waals surface area contributed by atoms with Gasteiger partial charge in [-0.05, 0) is 0 Å². The SMILES string of the molecule is Cn1ccnc1CCNN1CCOCC1. The number of hydrogen-bond donors (Lipinski definition) is 1. The van der Waals surface area contributed by atoms with Crippen molar-refractivity contribution in [1.82, 2.24) is 20.0 Å². The maximum absolute atomic E-state index is 5.27. The van der Waals surface area contributed by atoms with Crippen LogP contribution in [0.25, 0.3) is 0 Å². The Labute approximate surface area is 90.0 Å². The molecule has 84 valence electrons. The first kappa shape index (κ1) is 10.6. The van der Waals surface area contributed by atoms with Gasteiger partial charge in [0.15, 0.2) is 0 Å². The molecule has 0 aromatic carbocycles. The van der Waals surface area contributed by atoms with Gasteiger partial charge in [0.25, 0.3) is 0 Å². The van der Waals surface area contributed by atoms with Gasteiger partial charge in [-0.2, -0.15) is 0 Å². The number of imidazole rings is 1. The topological polar surface area (TPSA) is 42.3 Å². The first-order chi connectivity index (χ1) is 7.36. The zero-order valence-electron chi connectivity index (χ0n) is 9.15. The zero-order chi connectivity index (χ0) is 10.5. The van der Waals surface area contributed by atoms with E-state index in [0.717, 1.165) is 45.1 Å². The minimum absolute atomic E-state index is 0.829. The van der Waals surface area contributed by atoms with Gasteiger partial charge in [-0.15, -0.1) is 0 Å². The Morgan fingerprint density at radius 2 is 2.27 bits per heavy atom. The Hall–Kier alpha value is -0.910. The van der Waals surface area contributed by atoms with Crippen molar-refractivity contribution in [2.24, 2.45) is 7.05 Å². The van der Waals surface area contributed by atoms with Crippen molar-refractivity contribution in [3.05, 3.63) is 18.2 Å². The molecule has 0 amide bonds. The molecule has 0 atom stereocenters. The first-order valence-corrected chi connectivity index (χ1v) is 5.38. The summed E-state index contributed by atoms with van der Waals surface area (Å²) in [5.74, 6) is 1.12. The summed E-state index contributed by atoms with van der Waals surface area (Å²) < 4.78 is 7.33. The van der Waals surface area contributed by atoms with Gasteiger partial charge < -0.3 is 9.30 Å². The Kier molecular flexibility index (Phi) is 3.71. The summed E-state index contributed by atoms with van der Waals surface area (Å²) >= 11 is 0. The molecule has 0 radical (unpaired) electrons. The highest BCUT2D eigenvalue weighted by Gasteiger charge is 2.09. The van der Waals surface area contributed by atoms with Crippen LogP contribution < -0.4 is 5.43 Å². The number of hydrogen-bond acceptors (Lipinski definition) is 4. The molecule has 1 aromatic rings. The van der Waals surface area contributed by atoms with E-state index in [1.54, 1.807) is 0 Å². The van der Waals surface area contributed by atoms with Gasteiger partial charge in [0, 0.05) is 45.5 Å². The van der Waals surface area contributed by atoms with Gasteiger partial charge in [0.05, 0.1) is 13.2 Å². The highest BCUT2D eigenvalue weighted by atomic mass is 16.5. The van der Waals surface area contributed by atoms with Crippen LogP contribution in [0.15, 0.2) is 12.4 Å². The van der Waals surface area contributed by atoms with Gasteiger partial charge in [0.2, 0.25) is 0 Å². The molecule has 1 saturated heterocycles. The Bertz CT molecular complexity index is 293. The number of nitrogens with one attached hydrogen (secondary N) is 1. The lowest BCUT2D eigenvalue weighted by Gasteiger charge is -2.27. The van der Waals surface area contributed by atoms with Crippen LogP contribution in [0.5, 0.6) is 0 Å². The fourth-order valence-corrected chi connectivity index (χ4v) is 1.68. The lowest BCUT2D eigenvalue weighted by Crippen LogP contribution is -2.46. The normalized spacial score (nSPS) is 18.2. The third-order valence-corrected chi connectivity index (χ3v) is 2.62. The third-order valence-electron chi connectivity index (χ3n) is 2.62.